The highest BCUT2D eigenvalue weighted by atomic mass is 16.3. The number of hydrogen-bond acceptors (Lipinski definition) is 7. The van der Waals surface area contributed by atoms with E-state index in [0.29, 0.717) is 24.8 Å². The van der Waals surface area contributed by atoms with Gasteiger partial charge in [0.15, 0.2) is 11.6 Å². The molecule has 0 aliphatic heterocycles. The first-order valence-corrected chi connectivity index (χ1v) is 13.4. The average Bonchev–Trinajstić information content (AvgIpc) is 3.15. The molecule has 0 spiro atoms. The largest absolute Gasteiger partial charge is 0.506 e. The molecule has 4 aliphatic rings. The maximum absolute atomic E-state index is 12.4. The summed E-state index contributed by atoms with van der Waals surface area (Å²) in [5.41, 5.74) is -0.570. The van der Waals surface area contributed by atoms with Gasteiger partial charge < -0.3 is 20.4 Å². The first-order chi connectivity index (χ1) is 17.5. The summed E-state index contributed by atoms with van der Waals surface area (Å²) in [4.78, 5) is 28.3. The van der Waals surface area contributed by atoms with E-state index in [1.165, 1.54) is 5.57 Å². The van der Waals surface area contributed by atoms with E-state index in [0.717, 1.165) is 31.1 Å². The van der Waals surface area contributed by atoms with E-state index >= 15 is 0 Å². The summed E-state index contributed by atoms with van der Waals surface area (Å²) in [5, 5.41) is 42.0. The number of aromatic hydroxyl groups is 1. The molecule has 6 rings (SSSR count). The van der Waals surface area contributed by atoms with Crippen molar-refractivity contribution in [3.05, 3.63) is 48.2 Å². The van der Waals surface area contributed by atoms with Gasteiger partial charge in [-0.15, -0.1) is 0 Å². The number of aliphatic hydroxyl groups excluding tert-OH is 2. The van der Waals surface area contributed by atoms with Gasteiger partial charge in [0, 0.05) is 23.4 Å². The molecule has 1 heterocycles. The molecule has 4 aliphatic carbocycles. The van der Waals surface area contributed by atoms with Gasteiger partial charge in [-0.2, -0.15) is 0 Å². The van der Waals surface area contributed by atoms with Crippen molar-refractivity contribution in [3.8, 4) is 5.75 Å². The van der Waals surface area contributed by atoms with Crippen LogP contribution in [0.25, 0.3) is 10.9 Å². The SMILES string of the molecule is C[C@]12CCC(=O)C=C1CC[C@@H]1[C@@H]2[C@@H](O)C[C@@]2(C)[C@H]1CC[C@]2(O)C(=O)CO.Oc1cccc2cccnc12. The molecule has 1 aromatic heterocycles. The second-order valence-corrected chi connectivity index (χ2v) is 11.9. The fourth-order valence-corrected chi connectivity index (χ4v) is 8.37. The van der Waals surface area contributed by atoms with Crippen LogP contribution in [0.4, 0.5) is 0 Å². The van der Waals surface area contributed by atoms with Crippen molar-refractivity contribution in [2.75, 3.05) is 6.61 Å². The van der Waals surface area contributed by atoms with Crippen LogP contribution in [0.1, 0.15) is 58.8 Å². The Morgan fingerprint density at radius 2 is 1.86 bits per heavy atom. The fourth-order valence-electron chi connectivity index (χ4n) is 8.37. The third-order valence-corrected chi connectivity index (χ3v) is 10.3. The molecule has 3 saturated carbocycles. The summed E-state index contributed by atoms with van der Waals surface area (Å²) in [6.45, 7) is 3.46. The van der Waals surface area contributed by atoms with E-state index < -0.39 is 29.5 Å². The van der Waals surface area contributed by atoms with Crippen molar-refractivity contribution in [2.45, 2.75) is 70.5 Å². The molecule has 0 unspecified atom stereocenters. The molecule has 7 nitrogen and oxygen atoms in total. The molecule has 2 aromatic rings. The number of pyridine rings is 1. The van der Waals surface area contributed by atoms with Gasteiger partial charge in [0.25, 0.3) is 0 Å². The Bertz CT molecular complexity index is 1250. The Morgan fingerprint density at radius 3 is 2.59 bits per heavy atom. The zero-order valence-corrected chi connectivity index (χ0v) is 21.6. The summed E-state index contributed by atoms with van der Waals surface area (Å²) in [7, 11) is 0. The number of phenols is 1. The minimum absolute atomic E-state index is 0.0697. The van der Waals surface area contributed by atoms with Crippen molar-refractivity contribution < 1.29 is 30.0 Å². The Kier molecular flexibility index (Phi) is 6.54. The van der Waals surface area contributed by atoms with Crippen LogP contribution in [0.2, 0.25) is 0 Å². The van der Waals surface area contributed by atoms with Crippen LogP contribution in [-0.2, 0) is 9.59 Å². The lowest BCUT2D eigenvalue weighted by Crippen LogP contribution is -2.62. The summed E-state index contributed by atoms with van der Waals surface area (Å²) in [6, 6.07) is 9.13. The van der Waals surface area contributed by atoms with Gasteiger partial charge in [-0.1, -0.05) is 37.6 Å². The molecule has 0 saturated heterocycles. The predicted molar refractivity (Wildman–Crippen MR) is 139 cm³/mol. The lowest BCUT2D eigenvalue weighted by Gasteiger charge is -2.60. The average molecular weight is 508 g/mol. The van der Waals surface area contributed by atoms with Gasteiger partial charge in [-0.3, -0.25) is 14.6 Å². The number of hydrogen-bond donors (Lipinski definition) is 4. The lowest BCUT2D eigenvalue weighted by atomic mass is 9.45. The maximum atomic E-state index is 12.4. The second kappa shape index (κ2) is 9.29. The normalized spacial score (nSPS) is 38.5. The van der Waals surface area contributed by atoms with Gasteiger partial charge in [-0.05, 0) is 79.9 Å². The number of carbonyl (C=O) groups is 2. The molecule has 3 fully saturated rings. The van der Waals surface area contributed by atoms with E-state index in [-0.39, 0.29) is 34.7 Å². The topological polar surface area (TPSA) is 128 Å². The van der Waals surface area contributed by atoms with Crippen molar-refractivity contribution in [1.82, 2.24) is 4.98 Å². The highest BCUT2D eigenvalue weighted by Crippen LogP contribution is 2.67. The molecule has 1 aromatic carbocycles. The zero-order chi connectivity index (χ0) is 26.6. The van der Waals surface area contributed by atoms with Crippen molar-refractivity contribution in [3.63, 3.8) is 0 Å². The number of ketones is 2. The molecule has 4 N–H and O–H groups in total. The Hall–Kier alpha value is -2.61. The molecule has 0 amide bonds. The molecule has 0 bridgehead atoms. The predicted octanol–water partition coefficient (Wildman–Crippen LogP) is 3.72. The maximum Gasteiger partial charge on any atom is 0.190 e. The summed E-state index contributed by atoms with van der Waals surface area (Å²) < 4.78 is 0. The number of nitrogens with zero attached hydrogens (tertiary/aromatic N) is 1. The molecule has 7 heteroatoms. The van der Waals surface area contributed by atoms with Crippen LogP contribution >= 0.6 is 0 Å². The number of benzene rings is 1. The van der Waals surface area contributed by atoms with Gasteiger partial charge in [0.1, 0.15) is 23.5 Å². The van der Waals surface area contributed by atoms with Gasteiger partial charge in [0.05, 0.1) is 6.10 Å². The molecule has 7 atom stereocenters. The van der Waals surface area contributed by atoms with Gasteiger partial charge in [0.2, 0.25) is 0 Å². The number of allylic oxidation sites excluding steroid dienone is 1. The second-order valence-electron chi connectivity index (χ2n) is 11.9. The molecule has 0 radical (unpaired) electrons. The Morgan fingerprint density at radius 1 is 1.11 bits per heavy atom. The number of aromatic nitrogens is 1. The number of Topliss-reactive ketones (excluding diaryl/α,β-unsaturated/α-hetero) is 1. The van der Waals surface area contributed by atoms with E-state index in [1.54, 1.807) is 24.4 Å². The van der Waals surface area contributed by atoms with Crippen molar-refractivity contribution >= 4 is 22.5 Å². The molecular formula is C30H37NO6. The number of aliphatic hydroxyl groups is 3. The molecular weight excluding hydrogens is 470 g/mol. The smallest absolute Gasteiger partial charge is 0.190 e. The Balaban J connectivity index is 0.000000212. The monoisotopic (exact) mass is 507 g/mol. The van der Waals surface area contributed by atoms with Crippen molar-refractivity contribution in [2.24, 2.45) is 28.6 Å². The van der Waals surface area contributed by atoms with Gasteiger partial charge in [-0.25, -0.2) is 0 Å². The van der Waals surface area contributed by atoms with Crippen LogP contribution < -0.4 is 0 Å². The highest BCUT2D eigenvalue weighted by molar-refractivity contribution is 5.92. The minimum Gasteiger partial charge on any atom is -0.506 e. The van der Waals surface area contributed by atoms with Crippen LogP contribution in [0.15, 0.2) is 48.2 Å². The fraction of sp³-hybridized carbons (Fsp3) is 0.567. The number of rotatable bonds is 2. The zero-order valence-electron chi connectivity index (χ0n) is 21.6. The Labute approximate surface area is 217 Å². The van der Waals surface area contributed by atoms with Crippen molar-refractivity contribution in [1.29, 1.82) is 0 Å². The van der Waals surface area contributed by atoms with Crippen LogP contribution in [-0.4, -0.2) is 55.3 Å². The van der Waals surface area contributed by atoms with E-state index in [4.69, 9.17) is 0 Å². The van der Waals surface area contributed by atoms with Crippen LogP contribution in [0.5, 0.6) is 5.75 Å². The number of para-hydroxylation sites is 1. The standard InChI is InChI=1S/C21H30O5.C9H7NO/c1-19-7-5-13(23)9-12(19)3-4-14-15-6-8-21(26,17(25)11-22)20(15,2)10-16(24)18(14)19;11-8-5-1-3-7-4-2-6-10-9(7)8/h9,14-16,18,22,24,26H,3-8,10-11H2,1-2H3;1-6,11H/t14-,15-,16-,18+,19-,20-,21-;/m0./s1. The first kappa shape index (κ1) is 26.0. The first-order valence-electron chi connectivity index (χ1n) is 13.4. The minimum atomic E-state index is -1.54. The number of carbonyl (C=O) groups excluding carboxylic acids is 2. The summed E-state index contributed by atoms with van der Waals surface area (Å²) in [6.07, 6.45) is 7.40. The van der Waals surface area contributed by atoms with E-state index in [9.17, 15) is 30.0 Å². The molecule has 198 valence electrons. The van der Waals surface area contributed by atoms with E-state index in [1.807, 2.05) is 25.1 Å². The number of fused-ring (bicyclic) bond motifs is 6. The van der Waals surface area contributed by atoms with E-state index in [2.05, 4.69) is 11.9 Å². The third-order valence-electron chi connectivity index (χ3n) is 10.3. The highest BCUT2D eigenvalue weighted by Gasteiger charge is 2.68. The molecule has 37 heavy (non-hydrogen) atoms. The number of phenolic OH excluding ortho intramolecular Hbond substituents is 1. The summed E-state index contributed by atoms with van der Waals surface area (Å²) in [5.74, 6) is 0.379. The van der Waals surface area contributed by atoms with Crippen LogP contribution in [0.3, 0.4) is 0 Å². The van der Waals surface area contributed by atoms with Gasteiger partial charge >= 0.3 is 0 Å². The summed E-state index contributed by atoms with van der Waals surface area (Å²) >= 11 is 0. The quantitative estimate of drug-likeness (QED) is 0.488. The van der Waals surface area contributed by atoms with Crippen LogP contribution in [0, 0.1) is 28.6 Å². The third kappa shape index (κ3) is 3.94. The lowest BCUT2D eigenvalue weighted by molar-refractivity contribution is -0.182.